The predicted octanol–water partition coefficient (Wildman–Crippen LogP) is 9.36. The number of benzene rings is 3. The minimum atomic E-state index is -4.06. The average Bonchev–Trinajstić information content (AvgIpc) is 2.87. The van der Waals surface area contributed by atoms with Gasteiger partial charge in [0.15, 0.2) is 0 Å². The Morgan fingerprint density at radius 2 is 0.800 bits per heavy atom. The standard InChI is InChI=1S/C30H39O4P/c1-4-7-16-25-19-10-13-22-28(25)32-35(31,33-29-23-14-11-20-26(29)17-8-5-2)34-30-24-15-12-21-27(30)18-9-6-3/h10-15,19-24H,4-9,16-18H2,1-3H3. The van der Waals surface area contributed by atoms with Crippen molar-refractivity contribution in [1.82, 2.24) is 0 Å². The predicted molar refractivity (Wildman–Crippen MR) is 145 cm³/mol. The molecule has 0 unspecified atom stereocenters. The van der Waals surface area contributed by atoms with Crippen LogP contribution in [0.5, 0.6) is 17.2 Å². The molecular formula is C30H39O4P. The summed E-state index contributed by atoms with van der Waals surface area (Å²) in [5, 5.41) is 0. The zero-order valence-corrected chi connectivity index (χ0v) is 22.3. The van der Waals surface area contributed by atoms with E-state index in [0.717, 1.165) is 74.5 Å². The van der Waals surface area contributed by atoms with E-state index in [1.807, 2.05) is 72.8 Å². The van der Waals surface area contributed by atoms with Crippen molar-refractivity contribution in [2.45, 2.75) is 78.6 Å². The molecule has 35 heavy (non-hydrogen) atoms. The third kappa shape index (κ3) is 8.18. The molecule has 0 N–H and O–H groups in total. The minimum Gasteiger partial charge on any atom is -0.386 e. The smallest absolute Gasteiger partial charge is 0.386 e. The van der Waals surface area contributed by atoms with E-state index < -0.39 is 7.82 Å². The number of unbranched alkanes of at least 4 members (excludes halogenated alkanes) is 3. The molecule has 5 heteroatoms. The van der Waals surface area contributed by atoms with Gasteiger partial charge in [0.2, 0.25) is 0 Å². The molecule has 0 radical (unpaired) electrons. The third-order valence-electron chi connectivity index (χ3n) is 5.95. The van der Waals surface area contributed by atoms with E-state index in [2.05, 4.69) is 20.8 Å². The van der Waals surface area contributed by atoms with Gasteiger partial charge in [0.25, 0.3) is 0 Å². The lowest BCUT2D eigenvalue weighted by molar-refractivity contribution is 0.295. The van der Waals surface area contributed by atoms with Gasteiger partial charge in [-0.25, -0.2) is 0 Å². The Labute approximate surface area is 211 Å². The van der Waals surface area contributed by atoms with E-state index in [-0.39, 0.29) is 0 Å². The normalized spacial score (nSPS) is 11.3. The molecule has 0 aliphatic rings. The monoisotopic (exact) mass is 494 g/mol. The van der Waals surface area contributed by atoms with E-state index in [0.29, 0.717) is 17.2 Å². The first-order chi connectivity index (χ1) is 17.1. The number of phosphoric ester groups is 1. The fourth-order valence-corrected chi connectivity index (χ4v) is 5.29. The first-order valence-electron chi connectivity index (χ1n) is 13.0. The lowest BCUT2D eigenvalue weighted by Crippen LogP contribution is -2.10. The Bertz CT molecular complexity index is 958. The van der Waals surface area contributed by atoms with Crippen LogP contribution in [0, 0.1) is 0 Å². The van der Waals surface area contributed by atoms with Gasteiger partial charge >= 0.3 is 7.82 Å². The highest BCUT2D eigenvalue weighted by molar-refractivity contribution is 7.49. The van der Waals surface area contributed by atoms with Crippen molar-refractivity contribution < 1.29 is 18.1 Å². The van der Waals surface area contributed by atoms with E-state index >= 15 is 0 Å². The molecule has 0 saturated heterocycles. The van der Waals surface area contributed by atoms with Crippen LogP contribution < -0.4 is 13.6 Å². The van der Waals surface area contributed by atoms with Crippen LogP contribution in [-0.2, 0) is 23.8 Å². The van der Waals surface area contributed by atoms with Crippen LogP contribution >= 0.6 is 7.82 Å². The van der Waals surface area contributed by atoms with Crippen LogP contribution in [0.2, 0.25) is 0 Å². The molecule has 0 fully saturated rings. The molecule has 3 rings (SSSR count). The van der Waals surface area contributed by atoms with Gasteiger partial charge in [0, 0.05) is 0 Å². The average molecular weight is 495 g/mol. The maximum absolute atomic E-state index is 14.3. The summed E-state index contributed by atoms with van der Waals surface area (Å²) in [6, 6.07) is 23.2. The quantitative estimate of drug-likeness (QED) is 0.197. The van der Waals surface area contributed by atoms with Crippen molar-refractivity contribution in [3.05, 3.63) is 89.5 Å². The fraction of sp³-hybridized carbons (Fsp3) is 0.400. The summed E-state index contributed by atoms with van der Waals surface area (Å²) in [5.41, 5.74) is 3.00. The molecule has 0 bridgehead atoms. The van der Waals surface area contributed by atoms with Gasteiger partial charge in [-0.2, -0.15) is 4.57 Å². The highest BCUT2D eigenvalue weighted by atomic mass is 31.2. The highest BCUT2D eigenvalue weighted by Crippen LogP contribution is 2.52. The van der Waals surface area contributed by atoms with Gasteiger partial charge in [-0.1, -0.05) is 94.6 Å². The largest absolute Gasteiger partial charge is 0.647 e. The number of rotatable bonds is 15. The maximum atomic E-state index is 14.3. The molecule has 188 valence electrons. The number of aryl methyl sites for hydroxylation is 3. The van der Waals surface area contributed by atoms with Gasteiger partial charge in [-0.05, 0) is 73.4 Å². The van der Waals surface area contributed by atoms with Crippen LogP contribution in [0.1, 0.15) is 76.0 Å². The molecule has 0 heterocycles. The molecule has 4 nitrogen and oxygen atoms in total. The van der Waals surface area contributed by atoms with E-state index in [1.165, 1.54) is 0 Å². The second kappa shape index (κ2) is 14.0. The van der Waals surface area contributed by atoms with Gasteiger partial charge in [-0.3, -0.25) is 0 Å². The molecule has 0 amide bonds. The third-order valence-corrected chi connectivity index (χ3v) is 7.21. The lowest BCUT2D eigenvalue weighted by Gasteiger charge is -2.23. The summed E-state index contributed by atoms with van der Waals surface area (Å²) < 4.78 is 32.8. The molecule has 3 aromatic rings. The van der Waals surface area contributed by atoms with Crippen molar-refractivity contribution in [2.24, 2.45) is 0 Å². The topological polar surface area (TPSA) is 44.8 Å². The molecule has 0 aromatic heterocycles. The Morgan fingerprint density at radius 1 is 0.514 bits per heavy atom. The van der Waals surface area contributed by atoms with Gasteiger partial charge < -0.3 is 13.6 Å². The molecule has 0 atom stereocenters. The van der Waals surface area contributed by atoms with Crippen molar-refractivity contribution in [3.8, 4) is 17.2 Å². The van der Waals surface area contributed by atoms with Crippen molar-refractivity contribution in [2.75, 3.05) is 0 Å². The van der Waals surface area contributed by atoms with E-state index in [4.69, 9.17) is 13.6 Å². The van der Waals surface area contributed by atoms with Gasteiger partial charge in [0.05, 0.1) is 0 Å². The second-order valence-corrected chi connectivity index (χ2v) is 10.3. The van der Waals surface area contributed by atoms with Crippen LogP contribution in [-0.4, -0.2) is 0 Å². The van der Waals surface area contributed by atoms with Crippen LogP contribution in [0.15, 0.2) is 72.8 Å². The number of hydrogen-bond donors (Lipinski definition) is 0. The molecule has 0 aliphatic carbocycles. The maximum Gasteiger partial charge on any atom is 0.647 e. The lowest BCUT2D eigenvalue weighted by atomic mass is 10.1. The molecule has 3 aromatic carbocycles. The molecule has 0 aliphatic heterocycles. The summed E-state index contributed by atoms with van der Waals surface area (Å²) in [5.74, 6) is 1.63. The summed E-state index contributed by atoms with van der Waals surface area (Å²) in [7, 11) is -4.06. The van der Waals surface area contributed by atoms with Crippen LogP contribution in [0.4, 0.5) is 0 Å². The molecule has 0 spiro atoms. The molecule has 0 saturated carbocycles. The molecular weight excluding hydrogens is 455 g/mol. The van der Waals surface area contributed by atoms with E-state index in [9.17, 15) is 4.57 Å². The first kappa shape index (κ1) is 26.9. The Hall–Kier alpha value is -2.71. The number of para-hydroxylation sites is 3. The number of phosphoric acid groups is 1. The van der Waals surface area contributed by atoms with Crippen molar-refractivity contribution >= 4 is 7.82 Å². The summed E-state index contributed by atoms with van der Waals surface area (Å²) >= 11 is 0. The Kier molecular flexibility index (Phi) is 10.8. The van der Waals surface area contributed by atoms with Crippen LogP contribution in [0.25, 0.3) is 0 Å². The Morgan fingerprint density at radius 3 is 1.09 bits per heavy atom. The second-order valence-electron chi connectivity index (χ2n) is 8.85. The van der Waals surface area contributed by atoms with Crippen molar-refractivity contribution in [3.63, 3.8) is 0 Å². The summed E-state index contributed by atoms with van der Waals surface area (Å²) in [4.78, 5) is 0. The Balaban J connectivity index is 1.98. The SMILES string of the molecule is CCCCc1ccccc1OP(=O)(Oc1ccccc1CCCC)Oc1ccccc1CCCC. The van der Waals surface area contributed by atoms with E-state index in [1.54, 1.807) is 0 Å². The fourth-order valence-electron chi connectivity index (χ4n) is 3.92. The zero-order chi connectivity index (χ0) is 24.9. The van der Waals surface area contributed by atoms with Crippen molar-refractivity contribution in [1.29, 1.82) is 0 Å². The summed E-state index contributed by atoms with van der Waals surface area (Å²) in [6.07, 6.45) is 8.77. The number of hydrogen-bond acceptors (Lipinski definition) is 4. The van der Waals surface area contributed by atoms with Crippen LogP contribution in [0.3, 0.4) is 0 Å². The zero-order valence-electron chi connectivity index (χ0n) is 21.4. The minimum absolute atomic E-state index is 0.543. The first-order valence-corrected chi connectivity index (χ1v) is 14.5. The van der Waals surface area contributed by atoms with Gasteiger partial charge in [-0.15, -0.1) is 0 Å². The summed E-state index contributed by atoms with van der Waals surface area (Å²) in [6.45, 7) is 6.46. The van der Waals surface area contributed by atoms with Gasteiger partial charge in [0.1, 0.15) is 17.2 Å². The highest BCUT2D eigenvalue weighted by Gasteiger charge is 2.35.